The molecular formula is C14H27NO3. The molecule has 4 heteroatoms. The lowest BCUT2D eigenvalue weighted by molar-refractivity contribution is -0.246. The van der Waals surface area contributed by atoms with E-state index in [1.54, 1.807) is 21.1 Å². The van der Waals surface area contributed by atoms with Crippen LogP contribution in [0.1, 0.15) is 58.8 Å². The molecule has 0 aromatic carbocycles. The SMILES string of the molecule is COC(C)(OC)C1(NC(C)=O)CCCCCCC1. The van der Waals surface area contributed by atoms with Crippen LogP contribution in [0.5, 0.6) is 0 Å². The van der Waals surface area contributed by atoms with Gasteiger partial charge in [0.2, 0.25) is 5.91 Å². The zero-order valence-electron chi connectivity index (χ0n) is 12.2. The van der Waals surface area contributed by atoms with Gasteiger partial charge in [-0.05, 0) is 19.8 Å². The lowest BCUT2D eigenvalue weighted by Gasteiger charge is -2.48. The maximum atomic E-state index is 11.6. The molecule has 1 amide bonds. The highest BCUT2D eigenvalue weighted by molar-refractivity contribution is 5.74. The summed E-state index contributed by atoms with van der Waals surface area (Å²) in [5, 5.41) is 3.12. The van der Waals surface area contributed by atoms with E-state index >= 15 is 0 Å². The maximum absolute atomic E-state index is 11.6. The molecule has 1 N–H and O–H groups in total. The summed E-state index contributed by atoms with van der Waals surface area (Å²) >= 11 is 0. The van der Waals surface area contributed by atoms with Gasteiger partial charge < -0.3 is 14.8 Å². The molecule has 1 aliphatic carbocycles. The van der Waals surface area contributed by atoms with Crippen molar-refractivity contribution in [2.75, 3.05) is 14.2 Å². The van der Waals surface area contributed by atoms with Crippen molar-refractivity contribution in [3.05, 3.63) is 0 Å². The molecule has 0 saturated heterocycles. The van der Waals surface area contributed by atoms with Crippen molar-refractivity contribution in [1.29, 1.82) is 0 Å². The van der Waals surface area contributed by atoms with Crippen molar-refractivity contribution >= 4 is 5.91 Å². The Kier molecular flexibility index (Phi) is 5.60. The van der Waals surface area contributed by atoms with Gasteiger partial charge in [0, 0.05) is 21.1 Å². The molecule has 18 heavy (non-hydrogen) atoms. The number of carbonyl (C=O) groups excluding carboxylic acids is 1. The Morgan fingerprint density at radius 3 is 1.89 bits per heavy atom. The minimum atomic E-state index is -0.768. The van der Waals surface area contributed by atoms with Crippen LogP contribution in [0.2, 0.25) is 0 Å². The fraction of sp³-hybridized carbons (Fsp3) is 0.929. The molecule has 0 aromatic heterocycles. The highest BCUT2D eigenvalue weighted by Gasteiger charge is 2.49. The van der Waals surface area contributed by atoms with Gasteiger partial charge >= 0.3 is 0 Å². The van der Waals surface area contributed by atoms with Crippen molar-refractivity contribution in [2.24, 2.45) is 0 Å². The molecule has 1 aliphatic rings. The van der Waals surface area contributed by atoms with Crippen LogP contribution in [0, 0.1) is 0 Å². The molecule has 0 heterocycles. The van der Waals surface area contributed by atoms with Gasteiger partial charge in [-0.3, -0.25) is 4.79 Å². The van der Waals surface area contributed by atoms with Crippen molar-refractivity contribution in [3.63, 3.8) is 0 Å². The van der Waals surface area contributed by atoms with Crippen molar-refractivity contribution in [2.45, 2.75) is 70.1 Å². The van der Waals surface area contributed by atoms with E-state index in [2.05, 4.69) is 5.32 Å². The van der Waals surface area contributed by atoms with E-state index in [0.29, 0.717) is 0 Å². The van der Waals surface area contributed by atoms with Crippen molar-refractivity contribution < 1.29 is 14.3 Å². The van der Waals surface area contributed by atoms with Gasteiger partial charge in [0.1, 0.15) is 0 Å². The second-order valence-electron chi connectivity index (χ2n) is 5.39. The number of ether oxygens (including phenoxy) is 2. The summed E-state index contributed by atoms with van der Waals surface area (Å²) in [5.41, 5.74) is -0.414. The minimum Gasteiger partial charge on any atom is -0.351 e. The number of methoxy groups -OCH3 is 2. The van der Waals surface area contributed by atoms with Gasteiger partial charge in [0.05, 0.1) is 5.54 Å². The lowest BCUT2D eigenvalue weighted by atomic mass is 9.77. The first-order chi connectivity index (χ1) is 8.49. The predicted octanol–water partition coefficient (Wildman–Crippen LogP) is 2.61. The third kappa shape index (κ3) is 3.23. The lowest BCUT2D eigenvalue weighted by Crippen LogP contribution is -2.64. The van der Waals surface area contributed by atoms with Gasteiger partial charge in [-0.2, -0.15) is 0 Å². The normalized spacial score (nSPS) is 20.9. The summed E-state index contributed by atoms with van der Waals surface area (Å²) in [6, 6.07) is 0. The molecule has 0 bridgehead atoms. The van der Waals surface area contributed by atoms with E-state index in [9.17, 15) is 4.79 Å². The summed E-state index contributed by atoms with van der Waals surface area (Å²) in [6.45, 7) is 3.48. The number of carbonyl (C=O) groups is 1. The van der Waals surface area contributed by atoms with E-state index in [1.807, 2.05) is 6.92 Å². The second kappa shape index (κ2) is 6.53. The summed E-state index contributed by atoms with van der Waals surface area (Å²) in [4.78, 5) is 11.6. The van der Waals surface area contributed by atoms with Crippen LogP contribution in [-0.4, -0.2) is 31.5 Å². The highest BCUT2D eigenvalue weighted by Crippen LogP contribution is 2.37. The molecule has 0 aromatic rings. The molecule has 106 valence electrons. The molecule has 1 rings (SSSR count). The number of hydrogen-bond donors (Lipinski definition) is 1. The van der Waals surface area contributed by atoms with Crippen molar-refractivity contribution in [3.8, 4) is 0 Å². The average molecular weight is 257 g/mol. The van der Waals surface area contributed by atoms with E-state index in [-0.39, 0.29) is 5.91 Å². The third-order valence-electron chi connectivity index (χ3n) is 4.27. The molecular weight excluding hydrogens is 230 g/mol. The molecule has 0 aliphatic heterocycles. The molecule has 1 fully saturated rings. The summed E-state index contributed by atoms with van der Waals surface area (Å²) in [5.74, 6) is -0.786. The number of nitrogens with one attached hydrogen (secondary N) is 1. The Labute approximate surface area is 110 Å². The van der Waals surface area contributed by atoms with Crippen LogP contribution >= 0.6 is 0 Å². The number of rotatable bonds is 4. The van der Waals surface area contributed by atoms with Crippen molar-refractivity contribution in [1.82, 2.24) is 5.32 Å². The fourth-order valence-electron chi connectivity index (χ4n) is 3.01. The largest absolute Gasteiger partial charge is 0.351 e. The van der Waals surface area contributed by atoms with Crippen LogP contribution in [-0.2, 0) is 14.3 Å². The molecule has 1 saturated carbocycles. The average Bonchev–Trinajstić information content (AvgIpc) is 2.31. The molecule has 0 radical (unpaired) electrons. The van der Waals surface area contributed by atoms with E-state index < -0.39 is 11.3 Å². The van der Waals surface area contributed by atoms with E-state index in [0.717, 1.165) is 25.7 Å². The van der Waals surface area contributed by atoms with Crippen LogP contribution in [0.25, 0.3) is 0 Å². The third-order valence-corrected chi connectivity index (χ3v) is 4.27. The first kappa shape index (κ1) is 15.4. The Bertz CT molecular complexity index is 266. The van der Waals surface area contributed by atoms with Gasteiger partial charge in [-0.15, -0.1) is 0 Å². The fourth-order valence-corrected chi connectivity index (χ4v) is 3.01. The van der Waals surface area contributed by atoms with Crippen LogP contribution in [0.3, 0.4) is 0 Å². The van der Waals surface area contributed by atoms with Gasteiger partial charge in [0.25, 0.3) is 0 Å². The Hall–Kier alpha value is -0.610. The summed E-state index contributed by atoms with van der Waals surface area (Å²) < 4.78 is 11.2. The summed E-state index contributed by atoms with van der Waals surface area (Å²) in [6.07, 6.45) is 7.73. The molecule has 4 nitrogen and oxygen atoms in total. The first-order valence-electron chi connectivity index (χ1n) is 6.89. The van der Waals surface area contributed by atoms with Crippen LogP contribution < -0.4 is 5.32 Å². The second-order valence-corrected chi connectivity index (χ2v) is 5.39. The highest BCUT2D eigenvalue weighted by atomic mass is 16.7. The number of hydrogen-bond acceptors (Lipinski definition) is 3. The Morgan fingerprint density at radius 2 is 1.50 bits per heavy atom. The van der Waals surface area contributed by atoms with Gasteiger partial charge in [-0.25, -0.2) is 0 Å². The van der Waals surface area contributed by atoms with Crippen LogP contribution in [0.15, 0.2) is 0 Å². The molecule has 0 unspecified atom stereocenters. The zero-order valence-corrected chi connectivity index (χ0v) is 12.2. The monoisotopic (exact) mass is 257 g/mol. The topological polar surface area (TPSA) is 47.6 Å². The number of amides is 1. The Balaban J connectivity index is 3.00. The van der Waals surface area contributed by atoms with Gasteiger partial charge in [0.15, 0.2) is 5.79 Å². The van der Waals surface area contributed by atoms with Gasteiger partial charge in [-0.1, -0.05) is 32.1 Å². The maximum Gasteiger partial charge on any atom is 0.217 e. The van der Waals surface area contributed by atoms with Crippen LogP contribution in [0.4, 0.5) is 0 Å². The van der Waals surface area contributed by atoms with E-state index in [4.69, 9.17) is 9.47 Å². The minimum absolute atomic E-state index is 0.0177. The standard InChI is InChI=1S/C14H27NO3/c1-12(16)15-14(13(2,17-3)18-4)10-8-6-5-7-9-11-14/h5-11H2,1-4H3,(H,15,16). The zero-order chi connectivity index (χ0) is 13.6. The quantitative estimate of drug-likeness (QED) is 0.788. The first-order valence-corrected chi connectivity index (χ1v) is 6.89. The summed E-state index contributed by atoms with van der Waals surface area (Å²) in [7, 11) is 3.29. The van der Waals surface area contributed by atoms with E-state index in [1.165, 1.54) is 19.3 Å². The smallest absolute Gasteiger partial charge is 0.217 e. The predicted molar refractivity (Wildman–Crippen MR) is 71.3 cm³/mol. The Morgan fingerprint density at radius 1 is 1.06 bits per heavy atom. The molecule has 0 spiro atoms. The molecule has 0 atom stereocenters.